The monoisotopic (exact) mass is 508 g/mol. The van der Waals surface area contributed by atoms with Crippen molar-refractivity contribution in [3.63, 3.8) is 0 Å². The number of amides is 2. The highest BCUT2D eigenvalue weighted by Crippen LogP contribution is 2.42. The summed E-state index contributed by atoms with van der Waals surface area (Å²) in [6.07, 6.45) is 8.76. The Labute approximate surface area is 225 Å². The fourth-order valence-corrected chi connectivity index (χ4v) is 6.77. The quantitative estimate of drug-likeness (QED) is 0.523. The average Bonchev–Trinajstić information content (AvgIpc) is 3.53. The summed E-state index contributed by atoms with van der Waals surface area (Å²) in [7, 11) is 0. The van der Waals surface area contributed by atoms with Gasteiger partial charge < -0.3 is 15.1 Å². The Hall–Kier alpha value is -3.67. The number of pyridine rings is 1. The van der Waals surface area contributed by atoms with Crippen molar-refractivity contribution in [2.75, 3.05) is 31.1 Å². The van der Waals surface area contributed by atoms with Crippen molar-refractivity contribution in [2.24, 2.45) is 5.41 Å². The van der Waals surface area contributed by atoms with E-state index in [2.05, 4.69) is 33.4 Å². The summed E-state index contributed by atoms with van der Waals surface area (Å²) in [6.45, 7) is 7.68. The molecule has 2 saturated heterocycles. The van der Waals surface area contributed by atoms with Crippen molar-refractivity contribution in [3.05, 3.63) is 94.3 Å². The van der Waals surface area contributed by atoms with Crippen LogP contribution in [0.25, 0.3) is 0 Å². The van der Waals surface area contributed by atoms with Crippen molar-refractivity contribution in [2.45, 2.75) is 52.0 Å². The Bertz CT molecular complexity index is 1340. The van der Waals surface area contributed by atoms with Gasteiger partial charge in [0.1, 0.15) is 0 Å². The Morgan fingerprint density at radius 3 is 2.39 bits per heavy atom. The van der Waals surface area contributed by atoms with E-state index in [1.54, 1.807) is 0 Å². The van der Waals surface area contributed by atoms with Crippen LogP contribution in [0.1, 0.15) is 74.7 Å². The Kier molecular flexibility index (Phi) is 6.42. The molecule has 6 heteroatoms. The van der Waals surface area contributed by atoms with Crippen LogP contribution in [0.5, 0.6) is 0 Å². The molecule has 3 aliphatic rings. The molecule has 38 heavy (non-hydrogen) atoms. The van der Waals surface area contributed by atoms with E-state index in [1.807, 2.05) is 61.5 Å². The fraction of sp³-hybridized carbons (Fsp3) is 0.406. The van der Waals surface area contributed by atoms with E-state index in [9.17, 15) is 9.59 Å². The fourth-order valence-electron chi connectivity index (χ4n) is 6.77. The van der Waals surface area contributed by atoms with Crippen LogP contribution in [-0.2, 0) is 6.42 Å². The number of nitrogens with zero attached hydrogens (tertiary/aromatic N) is 3. The number of benzene rings is 2. The van der Waals surface area contributed by atoms with Crippen LogP contribution in [0.4, 0.5) is 5.69 Å². The molecule has 196 valence electrons. The maximum Gasteiger partial charge on any atom is 0.253 e. The number of piperidine rings is 1. The Balaban J connectivity index is 1.11. The molecule has 6 rings (SSSR count). The minimum Gasteiger partial charge on any atom is -0.371 e. The number of aromatic nitrogens is 1. The first-order chi connectivity index (χ1) is 18.4. The number of hydrogen-bond acceptors (Lipinski definition) is 4. The van der Waals surface area contributed by atoms with Gasteiger partial charge in [0.15, 0.2) is 0 Å². The predicted molar refractivity (Wildman–Crippen MR) is 150 cm³/mol. The molecule has 2 fully saturated rings. The van der Waals surface area contributed by atoms with E-state index < -0.39 is 0 Å². The highest BCUT2D eigenvalue weighted by molar-refractivity contribution is 5.97. The first-order valence-electron chi connectivity index (χ1n) is 13.9. The topological polar surface area (TPSA) is 65.5 Å². The zero-order valence-electron chi connectivity index (χ0n) is 22.4. The normalized spacial score (nSPS) is 20.0. The van der Waals surface area contributed by atoms with Gasteiger partial charge in [0.05, 0.1) is 6.04 Å². The van der Waals surface area contributed by atoms with Crippen LogP contribution in [0.15, 0.2) is 60.9 Å². The van der Waals surface area contributed by atoms with Gasteiger partial charge in [-0.05, 0) is 97.9 Å². The molecular formula is C32H36N4O2. The Morgan fingerprint density at radius 1 is 0.947 bits per heavy atom. The van der Waals surface area contributed by atoms with E-state index in [-0.39, 0.29) is 17.9 Å². The molecule has 1 aliphatic carbocycles. The molecular weight excluding hydrogens is 472 g/mol. The molecule has 2 aromatic carbocycles. The van der Waals surface area contributed by atoms with E-state index >= 15 is 0 Å². The van der Waals surface area contributed by atoms with Crippen LogP contribution < -0.4 is 10.2 Å². The number of anilines is 1. The minimum atomic E-state index is -0.0634. The number of rotatable bonds is 4. The molecule has 2 aliphatic heterocycles. The lowest BCUT2D eigenvalue weighted by Crippen LogP contribution is -2.44. The van der Waals surface area contributed by atoms with Crippen LogP contribution >= 0.6 is 0 Å². The number of carbonyl (C=O) groups excluding carboxylic acids is 2. The van der Waals surface area contributed by atoms with Crippen LogP contribution in [0.2, 0.25) is 0 Å². The molecule has 0 saturated carbocycles. The molecule has 1 spiro atoms. The summed E-state index contributed by atoms with van der Waals surface area (Å²) >= 11 is 0. The first-order valence-corrected chi connectivity index (χ1v) is 13.9. The standard InChI is InChI=1S/C32H36N4O2/c1-22-4-3-5-23(2)29(22)30(37)34-28-9-8-24-6-7-25(20-27(24)28)31(38)35-17-12-32(13-18-35)14-19-36(21-32)26-10-15-33-16-11-26/h3-7,10-11,15-16,20,28H,8-9,12-14,17-19,21H2,1-2H3,(H,34,37). The van der Waals surface area contributed by atoms with E-state index in [0.29, 0.717) is 5.41 Å². The minimum absolute atomic E-state index is 0.0334. The second-order valence-electron chi connectivity index (χ2n) is 11.4. The van der Waals surface area contributed by atoms with Crippen LogP contribution in [-0.4, -0.2) is 47.9 Å². The smallest absolute Gasteiger partial charge is 0.253 e. The number of carbonyl (C=O) groups is 2. The SMILES string of the molecule is Cc1cccc(C)c1C(=O)NC1CCc2ccc(C(=O)N3CCC4(CC3)CCN(c3ccncc3)C4)cc21. The Morgan fingerprint density at radius 2 is 1.66 bits per heavy atom. The van der Waals surface area contributed by atoms with Gasteiger partial charge >= 0.3 is 0 Å². The highest BCUT2D eigenvalue weighted by atomic mass is 16.2. The van der Waals surface area contributed by atoms with Gasteiger partial charge in [-0.2, -0.15) is 0 Å². The second-order valence-corrected chi connectivity index (χ2v) is 11.4. The lowest BCUT2D eigenvalue weighted by Gasteiger charge is -2.39. The third-order valence-electron chi connectivity index (χ3n) is 9.06. The molecule has 3 heterocycles. The highest BCUT2D eigenvalue weighted by Gasteiger charge is 2.41. The zero-order valence-corrected chi connectivity index (χ0v) is 22.4. The van der Waals surface area contributed by atoms with Crippen LogP contribution in [0.3, 0.4) is 0 Å². The molecule has 1 unspecified atom stereocenters. The summed E-state index contributed by atoms with van der Waals surface area (Å²) in [5.41, 5.74) is 7.31. The number of hydrogen-bond donors (Lipinski definition) is 1. The molecule has 1 aromatic heterocycles. The van der Waals surface area contributed by atoms with Crippen molar-refractivity contribution in [3.8, 4) is 0 Å². The zero-order chi connectivity index (χ0) is 26.3. The van der Waals surface area contributed by atoms with Gasteiger partial charge in [-0.1, -0.05) is 24.3 Å². The van der Waals surface area contributed by atoms with E-state index in [4.69, 9.17) is 0 Å². The summed E-state index contributed by atoms with van der Waals surface area (Å²) in [4.78, 5) is 35.4. The van der Waals surface area contributed by atoms with Gasteiger partial charge in [0, 0.05) is 55.4 Å². The predicted octanol–water partition coefficient (Wildman–Crippen LogP) is 5.25. The second kappa shape index (κ2) is 9.90. The lowest BCUT2D eigenvalue weighted by atomic mass is 9.77. The van der Waals surface area contributed by atoms with Gasteiger partial charge in [-0.3, -0.25) is 14.6 Å². The van der Waals surface area contributed by atoms with Gasteiger partial charge in [-0.25, -0.2) is 0 Å². The number of aryl methyl sites for hydroxylation is 3. The average molecular weight is 509 g/mol. The number of fused-ring (bicyclic) bond motifs is 1. The van der Waals surface area contributed by atoms with E-state index in [0.717, 1.165) is 79.7 Å². The first kappa shape index (κ1) is 24.7. The summed E-state index contributed by atoms with van der Waals surface area (Å²) in [5.74, 6) is 0.0762. The van der Waals surface area contributed by atoms with Crippen LogP contribution in [0, 0.1) is 19.3 Å². The molecule has 3 aromatic rings. The maximum atomic E-state index is 13.5. The number of nitrogens with one attached hydrogen (secondary N) is 1. The summed E-state index contributed by atoms with van der Waals surface area (Å²) in [5, 5.41) is 3.26. The van der Waals surface area contributed by atoms with Crippen molar-refractivity contribution in [1.29, 1.82) is 0 Å². The molecule has 6 nitrogen and oxygen atoms in total. The molecule has 1 atom stereocenters. The number of likely N-dealkylation sites (tertiary alicyclic amines) is 1. The molecule has 0 bridgehead atoms. The third-order valence-corrected chi connectivity index (χ3v) is 9.06. The van der Waals surface area contributed by atoms with E-state index in [1.165, 1.54) is 17.7 Å². The molecule has 1 N–H and O–H groups in total. The largest absolute Gasteiger partial charge is 0.371 e. The van der Waals surface area contributed by atoms with Gasteiger partial charge in [-0.15, -0.1) is 0 Å². The summed E-state index contributed by atoms with van der Waals surface area (Å²) in [6, 6.07) is 16.1. The van der Waals surface area contributed by atoms with Gasteiger partial charge in [0.2, 0.25) is 0 Å². The molecule has 0 radical (unpaired) electrons. The maximum absolute atomic E-state index is 13.5. The van der Waals surface area contributed by atoms with Crippen molar-refractivity contribution < 1.29 is 9.59 Å². The third kappa shape index (κ3) is 4.57. The summed E-state index contributed by atoms with van der Waals surface area (Å²) < 4.78 is 0. The van der Waals surface area contributed by atoms with Crippen molar-refractivity contribution in [1.82, 2.24) is 15.2 Å². The van der Waals surface area contributed by atoms with Crippen molar-refractivity contribution >= 4 is 17.5 Å². The lowest BCUT2D eigenvalue weighted by molar-refractivity contribution is 0.0610. The van der Waals surface area contributed by atoms with Gasteiger partial charge in [0.25, 0.3) is 11.8 Å². The molecule has 2 amide bonds.